The summed E-state index contributed by atoms with van der Waals surface area (Å²) in [6.07, 6.45) is 3.17. The molecule has 0 aliphatic rings. The number of ether oxygens (including phenoxy) is 1. The van der Waals surface area contributed by atoms with Gasteiger partial charge in [0.05, 0.1) is 6.61 Å². The second-order valence-electron chi connectivity index (χ2n) is 5.25. The van der Waals surface area contributed by atoms with Gasteiger partial charge < -0.3 is 15.0 Å². The maximum absolute atomic E-state index is 5.01. The Morgan fingerprint density at radius 2 is 2.15 bits per heavy atom. The van der Waals surface area contributed by atoms with Crippen LogP contribution in [0.4, 0.5) is 5.82 Å². The summed E-state index contributed by atoms with van der Waals surface area (Å²) in [6, 6.07) is 4.28. The van der Waals surface area contributed by atoms with Crippen molar-refractivity contribution in [2.45, 2.75) is 33.7 Å². The Morgan fingerprint density at radius 3 is 2.70 bits per heavy atom. The van der Waals surface area contributed by atoms with Crippen molar-refractivity contribution in [2.75, 3.05) is 38.3 Å². The molecule has 0 radical (unpaired) electrons. The van der Waals surface area contributed by atoms with Crippen LogP contribution < -0.4 is 10.2 Å². The largest absolute Gasteiger partial charge is 0.383 e. The summed E-state index contributed by atoms with van der Waals surface area (Å²) in [7, 11) is 1.72. The predicted octanol–water partition coefficient (Wildman–Crippen LogP) is 2.69. The molecule has 4 nitrogen and oxygen atoms in total. The lowest BCUT2D eigenvalue weighted by Gasteiger charge is -2.25. The molecule has 0 spiro atoms. The minimum atomic E-state index is 0.701. The van der Waals surface area contributed by atoms with Gasteiger partial charge in [-0.25, -0.2) is 4.98 Å². The van der Waals surface area contributed by atoms with Gasteiger partial charge in [0.25, 0.3) is 0 Å². The molecule has 0 aliphatic heterocycles. The molecule has 1 aromatic rings. The smallest absolute Gasteiger partial charge is 0.128 e. The zero-order valence-corrected chi connectivity index (χ0v) is 13.4. The van der Waals surface area contributed by atoms with E-state index < -0.39 is 0 Å². The molecule has 0 saturated heterocycles. The number of hydrogen-bond acceptors (Lipinski definition) is 4. The zero-order chi connectivity index (χ0) is 14.8. The van der Waals surface area contributed by atoms with Crippen molar-refractivity contribution in [3.05, 3.63) is 23.9 Å². The van der Waals surface area contributed by atoms with E-state index in [1.54, 1.807) is 7.11 Å². The lowest BCUT2D eigenvalue weighted by Crippen LogP contribution is -2.28. The highest BCUT2D eigenvalue weighted by Crippen LogP contribution is 2.14. The molecule has 1 heterocycles. The molecule has 20 heavy (non-hydrogen) atoms. The summed E-state index contributed by atoms with van der Waals surface area (Å²) in [6.45, 7) is 11.2. The Morgan fingerprint density at radius 1 is 1.35 bits per heavy atom. The van der Waals surface area contributed by atoms with E-state index in [0.29, 0.717) is 5.92 Å². The van der Waals surface area contributed by atoms with Crippen molar-refractivity contribution in [1.82, 2.24) is 10.3 Å². The molecule has 1 atom stereocenters. The van der Waals surface area contributed by atoms with E-state index in [1.807, 2.05) is 6.20 Å². The lowest BCUT2D eigenvalue weighted by atomic mass is 10.1. The van der Waals surface area contributed by atoms with E-state index in [-0.39, 0.29) is 0 Å². The van der Waals surface area contributed by atoms with Crippen LogP contribution in [0.3, 0.4) is 0 Å². The normalized spacial score (nSPS) is 12.4. The number of methoxy groups -OCH3 is 1. The Hall–Kier alpha value is -1.13. The van der Waals surface area contributed by atoms with Gasteiger partial charge in [0.2, 0.25) is 0 Å². The van der Waals surface area contributed by atoms with Gasteiger partial charge in [-0.3, -0.25) is 0 Å². The van der Waals surface area contributed by atoms with E-state index >= 15 is 0 Å². The van der Waals surface area contributed by atoms with Gasteiger partial charge >= 0.3 is 0 Å². The fourth-order valence-corrected chi connectivity index (χ4v) is 2.01. The number of nitrogens with one attached hydrogen (secondary N) is 1. The van der Waals surface area contributed by atoms with Crippen LogP contribution in [0.2, 0.25) is 0 Å². The van der Waals surface area contributed by atoms with Crippen LogP contribution in [-0.4, -0.2) is 38.3 Å². The van der Waals surface area contributed by atoms with Crippen LogP contribution >= 0.6 is 0 Å². The molecule has 1 unspecified atom stereocenters. The van der Waals surface area contributed by atoms with Gasteiger partial charge in [-0.05, 0) is 24.5 Å². The highest BCUT2D eigenvalue weighted by Gasteiger charge is 2.09. The third kappa shape index (κ3) is 5.88. The molecular formula is C16H29N3O. The van der Waals surface area contributed by atoms with Crippen LogP contribution in [0.5, 0.6) is 0 Å². The van der Waals surface area contributed by atoms with Gasteiger partial charge in [-0.1, -0.05) is 26.3 Å². The summed E-state index contributed by atoms with van der Waals surface area (Å²) < 4.78 is 5.01. The average molecular weight is 279 g/mol. The molecule has 4 heteroatoms. The molecule has 0 aliphatic carbocycles. The first-order valence-corrected chi connectivity index (χ1v) is 7.60. The second kappa shape index (κ2) is 9.72. The monoisotopic (exact) mass is 279 g/mol. The fourth-order valence-electron chi connectivity index (χ4n) is 2.01. The molecule has 114 valence electrons. The molecule has 1 rings (SSSR count). The van der Waals surface area contributed by atoms with Gasteiger partial charge in [0, 0.05) is 39.5 Å². The maximum atomic E-state index is 5.01. The minimum absolute atomic E-state index is 0.701. The summed E-state index contributed by atoms with van der Waals surface area (Å²) in [5.41, 5.74) is 1.21. The van der Waals surface area contributed by atoms with Crippen molar-refractivity contribution in [3.63, 3.8) is 0 Å². The quantitative estimate of drug-likeness (QED) is 0.668. The van der Waals surface area contributed by atoms with Crippen LogP contribution in [0.1, 0.15) is 32.8 Å². The number of anilines is 1. The van der Waals surface area contributed by atoms with Crippen LogP contribution in [-0.2, 0) is 11.3 Å². The second-order valence-corrected chi connectivity index (χ2v) is 5.25. The first-order chi connectivity index (χ1) is 9.71. The summed E-state index contributed by atoms with van der Waals surface area (Å²) >= 11 is 0. The van der Waals surface area contributed by atoms with E-state index in [9.17, 15) is 0 Å². The number of nitrogens with zero attached hydrogens (tertiary/aromatic N) is 2. The summed E-state index contributed by atoms with van der Waals surface area (Å²) in [5.74, 6) is 1.78. The molecule has 0 bridgehead atoms. The highest BCUT2D eigenvalue weighted by molar-refractivity contribution is 5.39. The third-order valence-corrected chi connectivity index (χ3v) is 3.56. The maximum Gasteiger partial charge on any atom is 0.128 e. The molecule has 0 saturated carbocycles. The standard InChI is InChI=1S/C16H29N3O/c1-5-14(3)13-19(6-2)16-8-7-15(12-18-16)11-17-9-10-20-4/h7-8,12,14,17H,5-6,9-11,13H2,1-4H3. The SMILES string of the molecule is CCC(C)CN(CC)c1ccc(CNCCOC)cn1. The van der Waals surface area contributed by atoms with Gasteiger partial charge in [-0.2, -0.15) is 0 Å². The molecule has 0 amide bonds. The van der Waals surface area contributed by atoms with Crippen LogP contribution in [0, 0.1) is 5.92 Å². The van der Waals surface area contributed by atoms with Gasteiger partial charge in [0.15, 0.2) is 0 Å². The van der Waals surface area contributed by atoms with Crippen LogP contribution in [0.15, 0.2) is 18.3 Å². The number of rotatable bonds is 10. The fraction of sp³-hybridized carbons (Fsp3) is 0.688. The van der Waals surface area contributed by atoms with E-state index in [2.05, 4.69) is 48.1 Å². The number of aromatic nitrogens is 1. The first-order valence-electron chi connectivity index (χ1n) is 7.60. The van der Waals surface area contributed by atoms with Gasteiger partial charge in [-0.15, -0.1) is 0 Å². The highest BCUT2D eigenvalue weighted by atomic mass is 16.5. The average Bonchev–Trinajstić information content (AvgIpc) is 2.49. The molecule has 1 aromatic heterocycles. The summed E-state index contributed by atoms with van der Waals surface area (Å²) in [5, 5.41) is 3.33. The molecular weight excluding hydrogens is 250 g/mol. The third-order valence-electron chi connectivity index (χ3n) is 3.56. The van der Waals surface area contributed by atoms with Crippen LogP contribution in [0.25, 0.3) is 0 Å². The van der Waals surface area contributed by atoms with Crippen molar-refractivity contribution < 1.29 is 4.74 Å². The van der Waals surface area contributed by atoms with E-state index in [4.69, 9.17) is 4.74 Å². The van der Waals surface area contributed by atoms with E-state index in [0.717, 1.165) is 38.6 Å². The lowest BCUT2D eigenvalue weighted by molar-refractivity contribution is 0.199. The Labute approximate surface area is 123 Å². The minimum Gasteiger partial charge on any atom is -0.383 e. The number of pyridine rings is 1. The molecule has 0 fully saturated rings. The first kappa shape index (κ1) is 16.9. The van der Waals surface area contributed by atoms with Crippen molar-refractivity contribution in [2.24, 2.45) is 5.92 Å². The van der Waals surface area contributed by atoms with Crippen molar-refractivity contribution >= 4 is 5.82 Å². The Balaban J connectivity index is 2.51. The van der Waals surface area contributed by atoms with E-state index in [1.165, 1.54) is 12.0 Å². The topological polar surface area (TPSA) is 37.4 Å². The van der Waals surface area contributed by atoms with Crippen molar-refractivity contribution in [3.8, 4) is 0 Å². The van der Waals surface area contributed by atoms with Gasteiger partial charge in [0.1, 0.15) is 5.82 Å². The number of hydrogen-bond donors (Lipinski definition) is 1. The summed E-state index contributed by atoms with van der Waals surface area (Å²) in [4.78, 5) is 6.93. The molecule has 0 aromatic carbocycles. The Kier molecular flexibility index (Phi) is 8.23. The molecule has 1 N–H and O–H groups in total. The predicted molar refractivity (Wildman–Crippen MR) is 85.2 cm³/mol. The Bertz CT molecular complexity index is 353. The zero-order valence-electron chi connectivity index (χ0n) is 13.4. The van der Waals surface area contributed by atoms with Crippen molar-refractivity contribution in [1.29, 1.82) is 0 Å².